The predicted molar refractivity (Wildman–Crippen MR) is 59.3 cm³/mol. The minimum Gasteiger partial charge on any atom is -0.495 e. The molecule has 0 fully saturated rings. The molecule has 1 aromatic rings. The quantitative estimate of drug-likeness (QED) is 0.668. The van der Waals surface area contributed by atoms with Crippen LogP contribution in [-0.2, 0) is 0 Å². The Kier molecular flexibility index (Phi) is 4.58. The summed E-state index contributed by atoms with van der Waals surface area (Å²) in [4.78, 5) is 0. The molecule has 1 rings (SSSR count). The summed E-state index contributed by atoms with van der Waals surface area (Å²) in [6.07, 6.45) is -0.864. The SMILES string of the molecule is COc1cccc(C#N)c1NCC(O)CO. The first kappa shape index (κ1) is 12.3. The summed E-state index contributed by atoms with van der Waals surface area (Å²) >= 11 is 0. The monoisotopic (exact) mass is 222 g/mol. The number of nitriles is 1. The lowest BCUT2D eigenvalue weighted by molar-refractivity contribution is 0.105. The highest BCUT2D eigenvalue weighted by molar-refractivity contribution is 5.66. The summed E-state index contributed by atoms with van der Waals surface area (Å²) in [5.41, 5.74) is 0.962. The maximum absolute atomic E-state index is 9.21. The van der Waals surface area contributed by atoms with Crippen LogP contribution in [0.4, 0.5) is 5.69 Å². The van der Waals surface area contributed by atoms with Gasteiger partial charge in [-0.25, -0.2) is 0 Å². The van der Waals surface area contributed by atoms with E-state index in [-0.39, 0.29) is 13.2 Å². The molecular weight excluding hydrogens is 208 g/mol. The number of aliphatic hydroxyl groups excluding tert-OH is 2. The van der Waals surface area contributed by atoms with E-state index < -0.39 is 6.10 Å². The van der Waals surface area contributed by atoms with Gasteiger partial charge in [0.05, 0.1) is 31.1 Å². The maximum atomic E-state index is 9.21. The molecule has 16 heavy (non-hydrogen) atoms. The second-order valence-corrected chi connectivity index (χ2v) is 3.21. The summed E-state index contributed by atoms with van der Waals surface area (Å²) < 4.78 is 5.10. The van der Waals surface area contributed by atoms with Crippen molar-refractivity contribution in [3.8, 4) is 11.8 Å². The number of rotatable bonds is 5. The highest BCUT2D eigenvalue weighted by Crippen LogP contribution is 2.27. The maximum Gasteiger partial charge on any atom is 0.143 e. The van der Waals surface area contributed by atoms with Gasteiger partial charge in [0.15, 0.2) is 0 Å². The van der Waals surface area contributed by atoms with Crippen molar-refractivity contribution in [3.63, 3.8) is 0 Å². The Balaban J connectivity index is 2.88. The van der Waals surface area contributed by atoms with Gasteiger partial charge in [0, 0.05) is 6.54 Å². The van der Waals surface area contributed by atoms with Crippen LogP contribution in [-0.4, -0.2) is 36.6 Å². The third-order valence-electron chi connectivity index (χ3n) is 2.09. The Labute approximate surface area is 93.9 Å². The van der Waals surface area contributed by atoms with E-state index in [0.29, 0.717) is 17.0 Å². The lowest BCUT2D eigenvalue weighted by atomic mass is 10.1. The van der Waals surface area contributed by atoms with E-state index in [0.717, 1.165) is 0 Å². The van der Waals surface area contributed by atoms with E-state index in [4.69, 9.17) is 15.1 Å². The van der Waals surface area contributed by atoms with Crippen molar-refractivity contribution in [2.24, 2.45) is 0 Å². The Bertz CT molecular complexity index is 387. The summed E-state index contributed by atoms with van der Waals surface area (Å²) in [5, 5.41) is 29.7. The fourth-order valence-corrected chi connectivity index (χ4v) is 1.26. The number of benzene rings is 1. The molecule has 0 amide bonds. The Hall–Kier alpha value is -1.77. The molecule has 3 N–H and O–H groups in total. The number of nitrogens with zero attached hydrogens (tertiary/aromatic N) is 1. The average Bonchev–Trinajstić information content (AvgIpc) is 2.35. The molecule has 86 valence electrons. The third-order valence-corrected chi connectivity index (χ3v) is 2.09. The van der Waals surface area contributed by atoms with E-state index in [1.165, 1.54) is 7.11 Å². The van der Waals surface area contributed by atoms with Crippen LogP contribution in [0.5, 0.6) is 5.75 Å². The van der Waals surface area contributed by atoms with Gasteiger partial charge in [0.1, 0.15) is 11.8 Å². The first-order valence-corrected chi connectivity index (χ1v) is 4.82. The molecule has 0 aliphatic heterocycles. The van der Waals surface area contributed by atoms with Gasteiger partial charge in [-0.3, -0.25) is 0 Å². The zero-order valence-corrected chi connectivity index (χ0v) is 8.97. The van der Waals surface area contributed by atoms with Gasteiger partial charge in [-0.05, 0) is 12.1 Å². The Morgan fingerprint density at radius 3 is 2.88 bits per heavy atom. The molecule has 0 aromatic heterocycles. The highest BCUT2D eigenvalue weighted by Gasteiger charge is 2.10. The van der Waals surface area contributed by atoms with E-state index in [1.54, 1.807) is 18.2 Å². The highest BCUT2D eigenvalue weighted by atomic mass is 16.5. The fourth-order valence-electron chi connectivity index (χ4n) is 1.26. The zero-order valence-electron chi connectivity index (χ0n) is 8.97. The number of aliphatic hydroxyl groups is 2. The molecule has 0 radical (unpaired) electrons. The second kappa shape index (κ2) is 5.95. The summed E-state index contributed by atoms with van der Waals surface area (Å²) in [7, 11) is 1.50. The summed E-state index contributed by atoms with van der Waals surface area (Å²) in [5.74, 6) is 0.532. The van der Waals surface area contributed by atoms with Crippen LogP contribution < -0.4 is 10.1 Å². The van der Waals surface area contributed by atoms with E-state index >= 15 is 0 Å². The molecule has 0 saturated carbocycles. The lowest BCUT2D eigenvalue weighted by Crippen LogP contribution is -2.23. The van der Waals surface area contributed by atoms with Crippen molar-refractivity contribution in [3.05, 3.63) is 23.8 Å². The number of methoxy groups -OCH3 is 1. The Morgan fingerprint density at radius 1 is 1.56 bits per heavy atom. The number of nitrogens with one attached hydrogen (secondary N) is 1. The zero-order chi connectivity index (χ0) is 12.0. The molecule has 0 aliphatic carbocycles. The smallest absolute Gasteiger partial charge is 0.143 e. The van der Waals surface area contributed by atoms with Crippen LogP contribution in [0, 0.1) is 11.3 Å². The van der Waals surface area contributed by atoms with Gasteiger partial charge >= 0.3 is 0 Å². The largest absolute Gasteiger partial charge is 0.495 e. The van der Waals surface area contributed by atoms with Crippen molar-refractivity contribution in [1.82, 2.24) is 0 Å². The van der Waals surface area contributed by atoms with Gasteiger partial charge in [0.2, 0.25) is 0 Å². The van der Waals surface area contributed by atoms with Crippen LogP contribution in [0.3, 0.4) is 0 Å². The van der Waals surface area contributed by atoms with Crippen molar-refractivity contribution >= 4 is 5.69 Å². The van der Waals surface area contributed by atoms with Crippen LogP contribution >= 0.6 is 0 Å². The van der Waals surface area contributed by atoms with Crippen LogP contribution in [0.1, 0.15) is 5.56 Å². The molecular formula is C11H14N2O3. The molecule has 1 unspecified atom stereocenters. The van der Waals surface area contributed by atoms with Gasteiger partial charge < -0.3 is 20.3 Å². The number of anilines is 1. The number of para-hydroxylation sites is 1. The standard InChI is InChI=1S/C11H14N2O3/c1-16-10-4-2-3-8(5-12)11(10)13-6-9(15)7-14/h2-4,9,13-15H,6-7H2,1H3. The number of hydrogen-bond donors (Lipinski definition) is 3. The second-order valence-electron chi connectivity index (χ2n) is 3.21. The average molecular weight is 222 g/mol. The molecule has 5 heteroatoms. The number of hydrogen-bond acceptors (Lipinski definition) is 5. The first-order valence-electron chi connectivity index (χ1n) is 4.82. The van der Waals surface area contributed by atoms with Gasteiger partial charge in [0.25, 0.3) is 0 Å². The molecule has 1 atom stereocenters. The topological polar surface area (TPSA) is 85.5 Å². The molecule has 0 spiro atoms. The van der Waals surface area contributed by atoms with Crippen molar-refractivity contribution in [2.75, 3.05) is 25.6 Å². The van der Waals surface area contributed by atoms with Crippen LogP contribution in [0.2, 0.25) is 0 Å². The minimum atomic E-state index is -0.864. The molecule has 0 saturated heterocycles. The van der Waals surface area contributed by atoms with E-state index in [9.17, 15) is 5.11 Å². The molecule has 0 aliphatic rings. The lowest BCUT2D eigenvalue weighted by Gasteiger charge is -2.14. The van der Waals surface area contributed by atoms with E-state index in [2.05, 4.69) is 5.32 Å². The predicted octanol–water partition coefficient (Wildman–Crippen LogP) is 0.332. The fraction of sp³-hybridized carbons (Fsp3) is 0.364. The van der Waals surface area contributed by atoms with Gasteiger partial charge in [-0.2, -0.15) is 5.26 Å². The van der Waals surface area contributed by atoms with Crippen LogP contribution in [0.15, 0.2) is 18.2 Å². The molecule has 0 bridgehead atoms. The molecule has 5 nitrogen and oxygen atoms in total. The van der Waals surface area contributed by atoms with Gasteiger partial charge in [-0.15, -0.1) is 0 Å². The summed E-state index contributed by atoms with van der Waals surface area (Å²) in [6.45, 7) is -0.171. The summed E-state index contributed by atoms with van der Waals surface area (Å²) in [6, 6.07) is 7.10. The van der Waals surface area contributed by atoms with Crippen molar-refractivity contribution < 1.29 is 14.9 Å². The first-order chi connectivity index (χ1) is 7.72. The van der Waals surface area contributed by atoms with E-state index in [1.807, 2.05) is 6.07 Å². The van der Waals surface area contributed by atoms with Crippen molar-refractivity contribution in [1.29, 1.82) is 5.26 Å². The van der Waals surface area contributed by atoms with Crippen molar-refractivity contribution in [2.45, 2.75) is 6.10 Å². The normalized spacial score (nSPS) is 11.6. The Morgan fingerprint density at radius 2 is 2.31 bits per heavy atom. The van der Waals surface area contributed by atoms with Crippen LogP contribution in [0.25, 0.3) is 0 Å². The molecule has 1 aromatic carbocycles. The van der Waals surface area contributed by atoms with Gasteiger partial charge in [-0.1, -0.05) is 6.07 Å². The number of ether oxygens (including phenoxy) is 1. The minimum absolute atomic E-state index is 0.158. The molecule has 0 heterocycles. The third kappa shape index (κ3) is 2.86.